The molecule has 0 spiro atoms. The Hall–Kier alpha value is -3.75. The molecule has 0 saturated carbocycles. The van der Waals surface area contributed by atoms with Gasteiger partial charge in [0.2, 0.25) is 0 Å². The van der Waals surface area contributed by atoms with Gasteiger partial charge in [0.25, 0.3) is 5.56 Å². The maximum atomic E-state index is 13.3. The second-order valence-corrected chi connectivity index (χ2v) is 10.2. The number of imidazole rings is 1. The van der Waals surface area contributed by atoms with Crippen molar-refractivity contribution in [2.75, 3.05) is 13.1 Å². The van der Waals surface area contributed by atoms with Crippen molar-refractivity contribution >= 4 is 22.6 Å². The molecular formula is C26H30N6O3. The van der Waals surface area contributed by atoms with Crippen molar-refractivity contribution in [2.24, 2.45) is 0 Å². The maximum absolute atomic E-state index is 13.3. The number of carbonyl (C=O) groups is 1. The Morgan fingerprint density at radius 3 is 2.46 bits per heavy atom. The van der Waals surface area contributed by atoms with Crippen molar-refractivity contribution in [1.82, 2.24) is 28.8 Å². The van der Waals surface area contributed by atoms with Crippen LogP contribution in [0.2, 0.25) is 0 Å². The average Bonchev–Trinajstić information content (AvgIpc) is 3.19. The number of amides is 1. The SMILES string of the molecule is Cc1cn2cc(-c3ccc4c(=O)n(C5CCN(C(=O)OC(C)(C)C)CC5)ccc4n3)nc(C)c2n1. The first-order chi connectivity index (χ1) is 16.6. The molecule has 4 aromatic rings. The average molecular weight is 475 g/mol. The van der Waals surface area contributed by atoms with E-state index in [4.69, 9.17) is 9.72 Å². The van der Waals surface area contributed by atoms with Gasteiger partial charge in [-0.3, -0.25) is 4.79 Å². The topological polar surface area (TPSA) is 94.6 Å². The van der Waals surface area contributed by atoms with Gasteiger partial charge < -0.3 is 18.6 Å². The van der Waals surface area contributed by atoms with Crippen molar-refractivity contribution in [3.05, 3.63) is 58.5 Å². The smallest absolute Gasteiger partial charge is 0.410 e. The lowest BCUT2D eigenvalue weighted by Crippen LogP contribution is -2.43. The Kier molecular flexibility index (Phi) is 5.57. The summed E-state index contributed by atoms with van der Waals surface area (Å²) in [5.41, 5.74) is 4.06. The molecule has 35 heavy (non-hydrogen) atoms. The Bertz CT molecular complexity index is 1490. The molecule has 5 rings (SSSR count). The van der Waals surface area contributed by atoms with E-state index in [0.717, 1.165) is 22.7 Å². The molecule has 0 radical (unpaired) electrons. The van der Waals surface area contributed by atoms with E-state index >= 15 is 0 Å². The Balaban J connectivity index is 1.39. The molecule has 5 heterocycles. The molecule has 0 N–H and O–H groups in total. The van der Waals surface area contributed by atoms with E-state index in [9.17, 15) is 9.59 Å². The normalized spacial score (nSPS) is 15.2. The molecule has 1 aliphatic rings. The highest BCUT2D eigenvalue weighted by atomic mass is 16.6. The number of nitrogens with zero attached hydrogens (tertiary/aromatic N) is 6. The van der Waals surface area contributed by atoms with Crippen LogP contribution in [0.5, 0.6) is 0 Å². The lowest BCUT2D eigenvalue weighted by Gasteiger charge is -2.34. The summed E-state index contributed by atoms with van der Waals surface area (Å²) < 4.78 is 9.21. The number of carbonyl (C=O) groups excluding carboxylic acids is 1. The number of piperidine rings is 1. The number of aromatic nitrogens is 5. The highest BCUT2D eigenvalue weighted by Crippen LogP contribution is 2.25. The van der Waals surface area contributed by atoms with Gasteiger partial charge in [0, 0.05) is 37.7 Å². The van der Waals surface area contributed by atoms with Crippen LogP contribution < -0.4 is 5.56 Å². The number of pyridine rings is 2. The number of ether oxygens (including phenoxy) is 1. The Labute approximate surface area is 203 Å². The molecule has 4 aromatic heterocycles. The molecule has 1 aliphatic heterocycles. The third kappa shape index (κ3) is 4.50. The first-order valence-corrected chi connectivity index (χ1v) is 11.9. The predicted molar refractivity (Wildman–Crippen MR) is 134 cm³/mol. The summed E-state index contributed by atoms with van der Waals surface area (Å²) in [6.45, 7) is 10.6. The Morgan fingerprint density at radius 2 is 1.74 bits per heavy atom. The van der Waals surface area contributed by atoms with Crippen LogP contribution in [0.4, 0.5) is 4.79 Å². The minimum Gasteiger partial charge on any atom is -0.444 e. The van der Waals surface area contributed by atoms with Crippen LogP contribution in [0, 0.1) is 13.8 Å². The van der Waals surface area contributed by atoms with Crippen LogP contribution in [-0.4, -0.2) is 53.6 Å². The van der Waals surface area contributed by atoms with Crippen LogP contribution in [0.25, 0.3) is 27.9 Å². The number of likely N-dealkylation sites (tertiary alicyclic amines) is 1. The van der Waals surface area contributed by atoms with Gasteiger partial charge in [-0.25, -0.2) is 19.7 Å². The van der Waals surface area contributed by atoms with Crippen LogP contribution in [-0.2, 0) is 4.74 Å². The van der Waals surface area contributed by atoms with Crippen molar-refractivity contribution < 1.29 is 9.53 Å². The number of hydrogen-bond donors (Lipinski definition) is 0. The zero-order chi connectivity index (χ0) is 24.9. The summed E-state index contributed by atoms with van der Waals surface area (Å²) in [6.07, 6.45) is 6.78. The van der Waals surface area contributed by atoms with E-state index in [1.807, 2.05) is 75.8 Å². The fourth-order valence-corrected chi connectivity index (χ4v) is 4.62. The van der Waals surface area contributed by atoms with E-state index in [1.54, 1.807) is 9.47 Å². The fourth-order valence-electron chi connectivity index (χ4n) is 4.62. The maximum Gasteiger partial charge on any atom is 0.410 e. The van der Waals surface area contributed by atoms with Gasteiger partial charge in [-0.2, -0.15) is 0 Å². The largest absolute Gasteiger partial charge is 0.444 e. The first-order valence-electron chi connectivity index (χ1n) is 11.9. The van der Waals surface area contributed by atoms with Gasteiger partial charge in [0.15, 0.2) is 5.65 Å². The number of rotatable bonds is 2. The van der Waals surface area contributed by atoms with Crippen LogP contribution in [0.3, 0.4) is 0 Å². The lowest BCUT2D eigenvalue weighted by molar-refractivity contribution is 0.0187. The molecule has 1 fully saturated rings. The number of hydrogen-bond acceptors (Lipinski definition) is 6. The van der Waals surface area contributed by atoms with Gasteiger partial charge in [0.05, 0.1) is 28.0 Å². The van der Waals surface area contributed by atoms with E-state index in [1.165, 1.54) is 0 Å². The fraction of sp³-hybridized carbons (Fsp3) is 0.423. The third-order valence-corrected chi connectivity index (χ3v) is 6.28. The highest BCUT2D eigenvalue weighted by molar-refractivity contribution is 5.80. The minimum atomic E-state index is -0.521. The molecule has 0 bridgehead atoms. The van der Waals surface area contributed by atoms with Gasteiger partial charge in [0.1, 0.15) is 11.3 Å². The summed E-state index contributed by atoms with van der Waals surface area (Å²) in [5, 5.41) is 0.571. The zero-order valence-electron chi connectivity index (χ0n) is 20.8. The van der Waals surface area contributed by atoms with E-state index in [2.05, 4.69) is 9.97 Å². The molecule has 0 aliphatic carbocycles. The quantitative estimate of drug-likeness (QED) is 0.430. The number of aryl methyl sites for hydroxylation is 2. The molecule has 0 unspecified atom stereocenters. The van der Waals surface area contributed by atoms with Crippen LogP contribution in [0.15, 0.2) is 41.6 Å². The van der Waals surface area contributed by atoms with E-state index in [0.29, 0.717) is 42.5 Å². The van der Waals surface area contributed by atoms with Gasteiger partial charge >= 0.3 is 6.09 Å². The van der Waals surface area contributed by atoms with Crippen molar-refractivity contribution in [2.45, 2.75) is 59.1 Å². The minimum absolute atomic E-state index is 0.0291. The van der Waals surface area contributed by atoms with Crippen LogP contribution in [0.1, 0.15) is 51.0 Å². The van der Waals surface area contributed by atoms with Crippen molar-refractivity contribution in [3.8, 4) is 11.4 Å². The van der Waals surface area contributed by atoms with E-state index in [-0.39, 0.29) is 17.7 Å². The first kappa shape index (κ1) is 23.0. The molecule has 0 atom stereocenters. The molecule has 9 nitrogen and oxygen atoms in total. The zero-order valence-corrected chi connectivity index (χ0v) is 20.8. The van der Waals surface area contributed by atoms with Crippen molar-refractivity contribution in [1.29, 1.82) is 0 Å². The highest BCUT2D eigenvalue weighted by Gasteiger charge is 2.28. The lowest BCUT2D eigenvalue weighted by atomic mass is 10.0. The molecule has 182 valence electrons. The standard InChI is InChI=1S/C26H30N6O3/c1-16-14-31-15-22(28-17(2)23(31)27-16)21-7-6-19-20(29-21)10-13-32(24(19)33)18-8-11-30(12-9-18)25(34)35-26(3,4)5/h6-7,10,13-15,18H,8-9,11-12H2,1-5H3. The van der Waals surface area contributed by atoms with Crippen molar-refractivity contribution in [3.63, 3.8) is 0 Å². The summed E-state index contributed by atoms with van der Waals surface area (Å²) >= 11 is 0. The van der Waals surface area contributed by atoms with Crippen LogP contribution >= 0.6 is 0 Å². The van der Waals surface area contributed by atoms with Gasteiger partial charge in [-0.05, 0) is 65.7 Å². The number of fused-ring (bicyclic) bond motifs is 2. The molecule has 1 amide bonds. The van der Waals surface area contributed by atoms with Gasteiger partial charge in [-0.15, -0.1) is 0 Å². The van der Waals surface area contributed by atoms with Gasteiger partial charge in [-0.1, -0.05) is 0 Å². The van der Waals surface area contributed by atoms with E-state index < -0.39 is 5.60 Å². The predicted octanol–water partition coefficient (Wildman–Crippen LogP) is 4.30. The molecule has 1 saturated heterocycles. The molecule has 0 aromatic carbocycles. The summed E-state index contributed by atoms with van der Waals surface area (Å²) in [5.74, 6) is 0. The monoisotopic (exact) mass is 474 g/mol. The third-order valence-electron chi connectivity index (χ3n) is 6.28. The summed E-state index contributed by atoms with van der Waals surface area (Å²) in [6, 6.07) is 5.58. The summed E-state index contributed by atoms with van der Waals surface area (Å²) in [4.78, 5) is 41.3. The molecule has 9 heteroatoms. The second kappa shape index (κ2) is 8.48. The Morgan fingerprint density at radius 1 is 1.00 bits per heavy atom. The summed E-state index contributed by atoms with van der Waals surface area (Å²) in [7, 11) is 0. The molecular weight excluding hydrogens is 444 g/mol. The second-order valence-electron chi connectivity index (χ2n) is 10.2.